The number of hydrogen-bond acceptors (Lipinski definition) is 1. The third-order valence-electron chi connectivity index (χ3n) is 3.91. The molecule has 1 nitrogen and oxygen atoms in total. The molecule has 0 saturated heterocycles. The van der Waals surface area contributed by atoms with Crippen molar-refractivity contribution in [1.82, 2.24) is 0 Å². The Labute approximate surface area is 92.1 Å². The van der Waals surface area contributed by atoms with Gasteiger partial charge in [-0.1, -0.05) is 31.0 Å². The standard InChI is InChI=1S/C14H19N/c1-4-10-14-12(6-1)7-5-11-15(14)13-8-2-3-9-13/h1,4,6,10,13H,2-3,5,7-9,11H2. The first-order valence-corrected chi connectivity index (χ1v) is 6.30. The van der Waals surface area contributed by atoms with Gasteiger partial charge in [-0.2, -0.15) is 0 Å². The Morgan fingerprint density at radius 2 is 1.80 bits per heavy atom. The lowest BCUT2D eigenvalue weighted by Gasteiger charge is -2.36. The van der Waals surface area contributed by atoms with E-state index in [-0.39, 0.29) is 0 Å². The topological polar surface area (TPSA) is 3.24 Å². The molecule has 1 aliphatic carbocycles. The highest BCUT2D eigenvalue weighted by Gasteiger charge is 2.25. The minimum Gasteiger partial charge on any atom is -0.368 e. The van der Waals surface area contributed by atoms with Crippen molar-refractivity contribution in [1.29, 1.82) is 0 Å². The number of benzene rings is 1. The Balaban J connectivity index is 1.91. The van der Waals surface area contributed by atoms with E-state index in [1.54, 1.807) is 5.56 Å². The summed E-state index contributed by atoms with van der Waals surface area (Å²) in [6, 6.07) is 9.82. The molecule has 1 saturated carbocycles. The number of anilines is 1. The molecule has 0 N–H and O–H groups in total. The largest absolute Gasteiger partial charge is 0.368 e. The minimum absolute atomic E-state index is 0.839. The van der Waals surface area contributed by atoms with E-state index in [1.165, 1.54) is 50.8 Å². The molecule has 3 rings (SSSR count). The van der Waals surface area contributed by atoms with Gasteiger partial charge in [0, 0.05) is 18.3 Å². The smallest absolute Gasteiger partial charge is 0.0401 e. The van der Waals surface area contributed by atoms with Crippen molar-refractivity contribution < 1.29 is 0 Å². The van der Waals surface area contributed by atoms with Gasteiger partial charge in [0.15, 0.2) is 0 Å². The zero-order valence-electron chi connectivity index (χ0n) is 9.28. The normalized spacial score (nSPS) is 21.7. The molecule has 0 bridgehead atoms. The van der Waals surface area contributed by atoms with Gasteiger partial charge in [-0.05, 0) is 37.3 Å². The number of rotatable bonds is 1. The molecule has 80 valence electrons. The van der Waals surface area contributed by atoms with Crippen LogP contribution < -0.4 is 4.90 Å². The molecule has 1 aromatic carbocycles. The van der Waals surface area contributed by atoms with Crippen LogP contribution in [0.25, 0.3) is 0 Å². The number of nitrogens with zero attached hydrogens (tertiary/aromatic N) is 1. The van der Waals surface area contributed by atoms with E-state index in [9.17, 15) is 0 Å². The van der Waals surface area contributed by atoms with Crippen LogP contribution in [0.2, 0.25) is 0 Å². The summed E-state index contributed by atoms with van der Waals surface area (Å²) in [5, 5.41) is 0. The second kappa shape index (κ2) is 3.88. The summed E-state index contributed by atoms with van der Waals surface area (Å²) in [5.74, 6) is 0. The lowest BCUT2D eigenvalue weighted by atomic mass is 9.99. The van der Waals surface area contributed by atoms with Gasteiger partial charge in [0.05, 0.1) is 0 Å². The van der Waals surface area contributed by atoms with Crippen molar-refractivity contribution in [3.8, 4) is 0 Å². The second-order valence-corrected chi connectivity index (χ2v) is 4.86. The Kier molecular flexibility index (Phi) is 2.40. The highest BCUT2D eigenvalue weighted by molar-refractivity contribution is 5.56. The van der Waals surface area contributed by atoms with Gasteiger partial charge in [-0.25, -0.2) is 0 Å². The number of fused-ring (bicyclic) bond motifs is 1. The van der Waals surface area contributed by atoms with Gasteiger partial charge >= 0.3 is 0 Å². The molecule has 0 radical (unpaired) electrons. The molecule has 0 unspecified atom stereocenters. The fraction of sp³-hybridized carbons (Fsp3) is 0.571. The van der Waals surface area contributed by atoms with Gasteiger partial charge in [0.2, 0.25) is 0 Å². The first-order valence-electron chi connectivity index (χ1n) is 6.30. The van der Waals surface area contributed by atoms with Gasteiger partial charge in [-0.3, -0.25) is 0 Å². The van der Waals surface area contributed by atoms with E-state index in [1.807, 2.05) is 0 Å². The fourth-order valence-electron chi connectivity index (χ4n) is 3.16. The second-order valence-electron chi connectivity index (χ2n) is 4.86. The highest BCUT2D eigenvalue weighted by Crippen LogP contribution is 2.33. The lowest BCUT2D eigenvalue weighted by Crippen LogP contribution is -2.37. The molecule has 1 aromatic rings. The van der Waals surface area contributed by atoms with Crippen LogP contribution in [0.5, 0.6) is 0 Å². The maximum Gasteiger partial charge on any atom is 0.0401 e. The molecule has 0 aromatic heterocycles. The van der Waals surface area contributed by atoms with Crippen LogP contribution in [0.3, 0.4) is 0 Å². The highest BCUT2D eigenvalue weighted by atomic mass is 15.2. The summed E-state index contributed by atoms with van der Waals surface area (Å²) >= 11 is 0. The van der Waals surface area contributed by atoms with Crippen LogP contribution in [-0.2, 0) is 6.42 Å². The van der Waals surface area contributed by atoms with E-state index < -0.39 is 0 Å². The van der Waals surface area contributed by atoms with Gasteiger partial charge in [0.1, 0.15) is 0 Å². The van der Waals surface area contributed by atoms with E-state index >= 15 is 0 Å². The average Bonchev–Trinajstić information content (AvgIpc) is 2.82. The molecule has 1 heteroatoms. The molecular weight excluding hydrogens is 182 g/mol. The van der Waals surface area contributed by atoms with E-state index in [4.69, 9.17) is 0 Å². The van der Waals surface area contributed by atoms with Crippen LogP contribution in [0.15, 0.2) is 24.3 Å². The van der Waals surface area contributed by atoms with Crippen molar-refractivity contribution in [3.05, 3.63) is 29.8 Å². The summed E-state index contributed by atoms with van der Waals surface area (Å²) < 4.78 is 0. The number of para-hydroxylation sites is 1. The van der Waals surface area contributed by atoms with Gasteiger partial charge in [-0.15, -0.1) is 0 Å². The summed E-state index contributed by atoms with van der Waals surface area (Å²) in [6.45, 7) is 1.28. The SMILES string of the molecule is c1ccc2c(c1)CCCN2C1CCCC1. The van der Waals surface area contributed by atoms with Crippen LogP contribution in [-0.4, -0.2) is 12.6 Å². The van der Waals surface area contributed by atoms with Crippen LogP contribution in [0.4, 0.5) is 5.69 Å². The van der Waals surface area contributed by atoms with Crippen molar-refractivity contribution in [3.63, 3.8) is 0 Å². The van der Waals surface area contributed by atoms with Crippen molar-refractivity contribution in [2.75, 3.05) is 11.4 Å². The number of aryl methyl sites for hydroxylation is 1. The molecule has 1 fully saturated rings. The predicted octanol–water partition coefficient (Wildman–Crippen LogP) is 3.38. The zero-order valence-corrected chi connectivity index (χ0v) is 9.28. The Morgan fingerprint density at radius 1 is 1.00 bits per heavy atom. The summed E-state index contributed by atoms with van der Waals surface area (Å²) in [4.78, 5) is 2.67. The summed E-state index contributed by atoms with van der Waals surface area (Å²) in [6.07, 6.45) is 8.31. The average molecular weight is 201 g/mol. The Hall–Kier alpha value is -0.980. The van der Waals surface area contributed by atoms with Crippen molar-refractivity contribution in [2.24, 2.45) is 0 Å². The summed E-state index contributed by atoms with van der Waals surface area (Å²) in [7, 11) is 0. The Morgan fingerprint density at radius 3 is 2.67 bits per heavy atom. The van der Waals surface area contributed by atoms with E-state index in [0.29, 0.717) is 0 Å². The van der Waals surface area contributed by atoms with E-state index in [2.05, 4.69) is 29.2 Å². The fourth-order valence-corrected chi connectivity index (χ4v) is 3.16. The first-order chi connectivity index (χ1) is 7.45. The molecule has 0 spiro atoms. The monoisotopic (exact) mass is 201 g/mol. The number of hydrogen-bond donors (Lipinski definition) is 0. The Bertz CT molecular complexity index is 339. The van der Waals surface area contributed by atoms with Crippen molar-refractivity contribution in [2.45, 2.75) is 44.6 Å². The van der Waals surface area contributed by atoms with Crippen LogP contribution >= 0.6 is 0 Å². The minimum atomic E-state index is 0.839. The molecule has 0 atom stereocenters. The van der Waals surface area contributed by atoms with Gasteiger partial charge in [0.25, 0.3) is 0 Å². The summed E-state index contributed by atoms with van der Waals surface area (Å²) in [5.41, 5.74) is 3.09. The third-order valence-corrected chi connectivity index (χ3v) is 3.91. The van der Waals surface area contributed by atoms with Crippen LogP contribution in [0, 0.1) is 0 Å². The molecule has 2 aliphatic rings. The first kappa shape index (κ1) is 9.26. The maximum atomic E-state index is 2.67. The quantitative estimate of drug-likeness (QED) is 0.673. The predicted molar refractivity (Wildman–Crippen MR) is 64.4 cm³/mol. The zero-order chi connectivity index (χ0) is 10.1. The molecule has 1 heterocycles. The van der Waals surface area contributed by atoms with Gasteiger partial charge < -0.3 is 4.90 Å². The molecule has 15 heavy (non-hydrogen) atoms. The van der Waals surface area contributed by atoms with E-state index in [0.717, 1.165) is 6.04 Å². The molecule has 0 amide bonds. The van der Waals surface area contributed by atoms with Crippen molar-refractivity contribution >= 4 is 5.69 Å². The maximum absolute atomic E-state index is 2.67. The molecule has 1 aliphatic heterocycles. The van der Waals surface area contributed by atoms with Crippen LogP contribution in [0.1, 0.15) is 37.7 Å². The lowest BCUT2D eigenvalue weighted by molar-refractivity contribution is 0.572. The molecular formula is C14H19N. The third kappa shape index (κ3) is 1.64.